The van der Waals surface area contributed by atoms with Crippen molar-refractivity contribution in [1.82, 2.24) is 0 Å². The Morgan fingerprint density at radius 1 is 1.70 bits per heavy atom. The van der Waals surface area contributed by atoms with Gasteiger partial charge in [-0.15, -0.1) is 0 Å². The fraction of sp³-hybridized carbons (Fsp3) is 0.667. The van der Waals surface area contributed by atoms with Gasteiger partial charge in [0.15, 0.2) is 6.29 Å². The average molecular weight is 147 g/mol. The van der Waals surface area contributed by atoms with Gasteiger partial charge in [-0.1, -0.05) is 0 Å². The number of aliphatic hydroxyl groups excluding tert-OH is 1. The van der Waals surface area contributed by atoms with Crippen molar-refractivity contribution in [2.45, 2.75) is 13.2 Å². The van der Waals surface area contributed by atoms with Gasteiger partial charge in [-0.25, -0.2) is 0 Å². The topological polar surface area (TPSA) is 55.8 Å². The van der Waals surface area contributed by atoms with E-state index >= 15 is 0 Å². The first-order valence-electron chi connectivity index (χ1n) is 2.89. The number of hydrogen-bond acceptors (Lipinski definition) is 4. The number of hydrogen-bond donors (Lipinski definition) is 1. The number of carbonyl (C=O) groups is 1. The minimum absolute atomic E-state index is 0.155. The third kappa shape index (κ3) is 7.39. The molecule has 0 heterocycles. The van der Waals surface area contributed by atoms with Gasteiger partial charge in [-0.05, 0) is 0 Å². The highest BCUT2D eigenvalue weighted by Gasteiger charge is 1.95. The highest BCUT2D eigenvalue weighted by molar-refractivity contribution is 5.65. The lowest BCUT2D eigenvalue weighted by Crippen LogP contribution is -2.13. The van der Waals surface area contributed by atoms with Crippen LogP contribution in [-0.4, -0.2) is 30.6 Å². The molecule has 10 heavy (non-hydrogen) atoms. The summed E-state index contributed by atoms with van der Waals surface area (Å²) in [5.41, 5.74) is 0. The van der Waals surface area contributed by atoms with Crippen molar-refractivity contribution >= 4 is 5.97 Å². The molecule has 0 bridgehead atoms. The van der Waals surface area contributed by atoms with Crippen molar-refractivity contribution in [2.24, 2.45) is 0 Å². The standard InChI is InChI=1S/C6H11O4/c1-5(7)9-3-4-10-6(2)8/h5,7H,1,3-4H2,2H3. The molecule has 1 unspecified atom stereocenters. The molecule has 0 aliphatic carbocycles. The molecule has 0 saturated carbocycles. The molecular weight excluding hydrogens is 136 g/mol. The summed E-state index contributed by atoms with van der Waals surface area (Å²) < 4.78 is 9.05. The molecule has 1 radical (unpaired) electrons. The van der Waals surface area contributed by atoms with Crippen LogP contribution >= 0.6 is 0 Å². The Labute approximate surface area is 59.7 Å². The van der Waals surface area contributed by atoms with Crippen molar-refractivity contribution < 1.29 is 19.4 Å². The summed E-state index contributed by atoms with van der Waals surface area (Å²) in [7, 11) is 0. The second-order valence-corrected chi connectivity index (χ2v) is 1.67. The van der Waals surface area contributed by atoms with Gasteiger partial charge in [0.2, 0.25) is 0 Å². The van der Waals surface area contributed by atoms with Crippen LogP contribution in [0.5, 0.6) is 0 Å². The monoisotopic (exact) mass is 147 g/mol. The SMILES string of the molecule is [CH2]C(O)OCCOC(C)=O. The lowest BCUT2D eigenvalue weighted by Gasteiger charge is -2.05. The molecule has 0 aromatic rings. The molecule has 4 nitrogen and oxygen atoms in total. The summed E-state index contributed by atoms with van der Waals surface area (Å²) >= 11 is 0. The lowest BCUT2D eigenvalue weighted by atomic mass is 10.7. The number of aliphatic hydroxyl groups is 1. The summed E-state index contributed by atoms with van der Waals surface area (Å²) in [6, 6.07) is 0. The van der Waals surface area contributed by atoms with Gasteiger partial charge in [0.1, 0.15) is 6.61 Å². The Bertz CT molecular complexity index is 99.9. The zero-order valence-corrected chi connectivity index (χ0v) is 5.87. The molecule has 0 aromatic carbocycles. The van der Waals surface area contributed by atoms with E-state index in [1.54, 1.807) is 0 Å². The van der Waals surface area contributed by atoms with Crippen LogP contribution in [0, 0.1) is 6.92 Å². The van der Waals surface area contributed by atoms with Crippen LogP contribution in [0.15, 0.2) is 0 Å². The van der Waals surface area contributed by atoms with Crippen LogP contribution in [-0.2, 0) is 14.3 Å². The number of ether oxygens (including phenoxy) is 2. The van der Waals surface area contributed by atoms with Gasteiger partial charge in [-0.2, -0.15) is 0 Å². The molecule has 59 valence electrons. The van der Waals surface area contributed by atoms with E-state index in [0.29, 0.717) is 0 Å². The highest BCUT2D eigenvalue weighted by Crippen LogP contribution is 1.83. The predicted molar refractivity (Wildman–Crippen MR) is 33.9 cm³/mol. The fourth-order valence-electron chi connectivity index (χ4n) is 0.370. The zero-order valence-electron chi connectivity index (χ0n) is 5.87. The summed E-state index contributed by atoms with van der Waals surface area (Å²) in [5.74, 6) is -0.359. The largest absolute Gasteiger partial charge is 0.463 e. The Morgan fingerprint density at radius 3 is 2.70 bits per heavy atom. The maximum absolute atomic E-state index is 10.1. The molecule has 0 amide bonds. The van der Waals surface area contributed by atoms with Crippen molar-refractivity contribution in [3.63, 3.8) is 0 Å². The second kappa shape index (κ2) is 5.20. The molecule has 0 spiro atoms. The smallest absolute Gasteiger partial charge is 0.302 e. The Morgan fingerprint density at radius 2 is 2.30 bits per heavy atom. The number of carbonyl (C=O) groups excluding carboxylic acids is 1. The lowest BCUT2D eigenvalue weighted by molar-refractivity contribution is -0.145. The van der Waals surface area contributed by atoms with Gasteiger partial charge in [0.05, 0.1) is 6.61 Å². The quantitative estimate of drug-likeness (QED) is 0.337. The van der Waals surface area contributed by atoms with Crippen LogP contribution in [0.25, 0.3) is 0 Å². The van der Waals surface area contributed by atoms with Crippen molar-refractivity contribution in [3.8, 4) is 0 Å². The van der Waals surface area contributed by atoms with Crippen LogP contribution in [0.4, 0.5) is 0 Å². The van der Waals surface area contributed by atoms with E-state index in [0.717, 1.165) is 0 Å². The predicted octanol–water partition coefficient (Wildman–Crippen LogP) is -0.281. The first kappa shape index (κ1) is 9.39. The molecule has 0 aliphatic heterocycles. The third-order valence-corrected chi connectivity index (χ3v) is 0.699. The molecule has 0 saturated heterocycles. The third-order valence-electron chi connectivity index (χ3n) is 0.699. The normalized spacial score (nSPS) is 12.7. The van der Waals surface area contributed by atoms with E-state index in [1.165, 1.54) is 6.92 Å². The zero-order chi connectivity index (χ0) is 7.98. The van der Waals surface area contributed by atoms with Crippen LogP contribution < -0.4 is 0 Å². The van der Waals surface area contributed by atoms with Crippen LogP contribution in [0.3, 0.4) is 0 Å². The fourth-order valence-corrected chi connectivity index (χ4v) is 0.370. The summed E-state index contributed by atoms with van der Waals surface area (Å²) in [5, 5.41) is 8.44. The minimum Gasteiger partial charge on any atom is -0.463 e. The number of rotatable bonds is 4. The summed E-state index contributed by atoms with van der Waals surface area (Å²) in [6.45, 7) is 4.78. The van der Waals surface area contributed by atoms with Gasteiger partial charge in [-0.3, -0.25) is 4.79 Å². The van der Waals surface area contributed by atoms with E-state index < -0.39 is 6.29 Å². The van der Waals surface area contributed by atoms with Crippen molar-refractivity contribution in [3.05, 3.63) is 6.92 Å². The van der Waals surface area contributed by atoms with Crippen molar-refractivity contribution in [2.75, 3.05) is 13.2 Å². The Hall–Kier alpha value is -0.610. The number of esters is 1. The van der Waals surface area contributed by atoms with E-state index in [9.17, 15) is 4.79 Å². The molecule has 1 N–H and O–H groups in total. The summed E-state index contributed by atoms with van der Waals surface area (Å²) in [6.07, 6.45) is -1.05. The van der Waals surface area contributed by atoms with Gasteiger partial charge >= 0.3 is 5.97 Å². The molecular formula is C6H11O4. The van der Waals surface area contributed by atoms with E-state index in [-0.39, 0.29) is 19.2 Å². The van der Waals surface area contributed by atoms with Gasteiger partial charge < -0.3 is 14.6 Å². The van der Waals surface area contributed by atoms with Crippen molar-refractivity contribution in [1.29, 1.82) is 0 Å². The minimum atomic E-state index is -1.05. The van der Waals surface area contributed by atoms with E-state index in [4.69, 9.17) is 5.11 Å². The maximum atomic E-state index is 10.1. The second-order valence-electron chi connectivity index (χ2n) is 1.67. The first-order valence-corrected chi connectivity index (χ1v) is 2.89. The van der Waals surface area contributed by atoms with E-state index in [2.05, 4.69) is 16.4 Å². The van der Waals surface area contributed by atoms with Crippen LogP contribution in [0.2, 0.25) is 0 Å². The van der Waals surface area contributed by atoms with Gasteiger partial charge in [0, 0.05) is 13.8 Å². The molecule has 0 fully saturated rings. The molecule has 0 aliphatic rings. The molecule has 4 heteroatoms. The van der Waals surface area contributed by atoms with E-state index in [1.807, 2.05) is 0 Å². The highest BCUT2D eigenvalue weighted by atomic mass is 16.6. The van der Waals surface area contributed by atoms with Crippen LogP contribution in [0.1, 0.15) is 6.92 Å². The summed E-state index contributed by atoms with van der Waals surface area (Å²) in [4.78, 5) is 10.1. The Kier molecular flexibility index (Phi) is 4.88. The Balaban J connectivity index is 2.98. The average Bonchev–Trinajstić information content (AvgIpc) is 1.79. The van der Waals surface area contributed by atoms with Gasteiger partial charge in [0.25, 0.3) is 0 Å². The molecule has 1 atom stereocenters. The maximum Gasteiger partial charge on any atom is 0.302 e. The molecule has 0 aromatic heterocycles. The molecule has 0 rings (SSSR count). The first-order chi connectivity index (χ1) is 4.63.